The van der Waals surface area contributed by atoms with Gasteiger partial charge in [0.1, 0.15) is 18.1 Å². The molecule has 0 radical (unpaired) electrons. The Balaban J connectivity index is 1.77. The summed E-state index contributed by atoms with van der Waals surface area (Å²) in [4.78, 5) is 77.0. The van der Waals surface area contributed by atoms with Crippen LogP contribution in [0.4, 0.5) is 0 Å². The summed E-state index contributed by atoms with van der Waals surface area (Å²) in [7, 11) is 0. The van der Waals surface area contributed by atoms with Crippen LogP contribution in [0.15, 0.2) is 60.8 Å². The van der Waals surface area contributed by atoms with Gasteiger partial charge in [-0.1, -0.05) is 48.5 Å². The van der Waals surface area contributed by atoms with Gasteiger partial charge in [-0.25, -0.2) is 4.79 Å². The molecule has 14 heteroatoms. The van der Waals surface area contributed by atoms with E-state index >= 15 is 0 Å². The van der Waals surface area contributed by atoms with E-state index in [-0.39, 0.29) is 25.7 Å². The van der Waals surface area contributed by atoms with Crippen molar-refractivity contribution in [3.63, 3.8) is 0 Å². The zero-order valence-electron chi connectivity index (χ0n) is 23.1. The van der Waals surface area contributed by atoms with E-state index in [0.29, 0.717) is 11.1 Å². The molecule has 2 aromatic carbocycles. The number of H-pyrrole nitrogens is 1. The maximum atomic E-state index is 13.4. The van der Waals surface area contributed by atoms with Crippen LogP contribution in [0.25, 0.3) is 10.9 Å². The number of carboxylic acid groups (broad SMARTS) is 2. The van der Waals surface area contributed by atoms with Gasteiger partial charge in [0.05, 0.1) is 12.5 Å². The number of carboxylic acids is 2. The summed E-state index contributed by atoms with van der Waals surface area (Å²) in [5.74, 6) is -6.15. The minimum atomic E-state index is -1.67. The number of aliphatic carboxylic acids is 2. The number of carbonyl (C=O) groups is 6. The minimum Gasteiger partial charge on any atom is -0.481 e. The van der Waals surface area contributed by atoms with E-state index in [0.717, 1.165) is 10.9 Å². The lowest BCUT2D eigenvalue weighted by Crippen LogP contribution is -2.58. The molecule has 10 N–H and O–H groups in total. The number of para-hydroxylation sites is 1. The Kier molecular flexibility index (Phi) is 11.3. The first-order chi connectivity index (χ1) is 20.4. The normalized spacial score (nSPS) is 13.7. The fourth-order valence-corrected chi connectivity index (χ4v) is 4.42. The quantitative estimate of drug-likeness (QED) is 0.107. The number of primary amides is 1. The van der Waals surface area contributed by atoms with Crippen molar-refractivity contribution >= 4 is 46.5 Å². The number of nitrogens with two attached hydrogens (primary N) is 2. The van der Waals surface area contributed by atoms with Gasteiger partial charge in [-0.15, -0.1) is 0 Å². The first-order valence-corrected chi connectivity index (χ1v) is 13.4. The zero-order chi connectivity index (χ0) is 31.5. The predicted octanol–water partition coefficient (Wildman–Crippen LogP) is -0.440. The molecule has 1 heterocycles. The van der Waals surface area contributed by atoms with Gasteiger partial charge >= 0.3 is 11.9 Å². The van der Waals surface area contributed by atoms with E-state index in [9.17, 15) is 39.0 Å². The summed E-state index contributed by atoms with van der Waals surface area (Å²) in [5.41, 5.74) is 13.0. The molecule has 3 aromatic rings. The smallest absolute Gasteiger partial charge is 0.326 e. The highest BCUT2D eigenvalue weighted by molar-refractivity contribution is 5.96. The van der Waals surface area contributed by atoms with Gasteiger partial charge in [0.15, 0.2) is 0 Å². The summed E-state index contributed by atoms with van der Waals surface area (Å²) in [6.45, 7) is 0. The molecule has 4 unspecified atom stereocenters. The van der Waals surface area contributed by atoms with Crippen LogP contribution in [0.5, 0.6) is 0 Å². The molecular formula is C29H34N6O8. The Morgan fingerprint density at radius 1 is 0.767 bits per heavy atom. The molecule has 0 bridgehead atoms. The van der Waals surface area contributed by atoms with Crippen LogP contribution >= 0.6 is 0 Å². The second kappa shape index (κ2) is 15.1. The van der Waals surface area contributed by atoms with Crippen LogP contribution in [-0.4, -0.2) is 74.9 Å². The lowest BCUT2D eigenvalue weighted by molar-refractivity contribution is -0.143. The van der Waals surface area contributed by atoms with Crippen LogP contribution in [0.3, 0.4) is 0 Å². The molecule has 0 aliphatic carbocycles. The highest BCUT2D eigenvalue weighted by atomic mass is 16.4. The number of hydrogen-bond donors (Lipinski definition) is 8. The fraction of sp³-hybridized carbons (Fsp3) is 0.310. The Morgan fingerprint density at radius 3 is 2.02 bits per heavy atom. The molecule has 0 spiro atoms. The topological polar surface area (TPSA) is 247 Å². The molecule has 0 saturated heterocycles. The summed E-state index contributed by atoms with van der Waals surface area (Å²) in [6, 6.07) is 10.2. The largest absolute Gasteiger partial charge is 0.481 e. The third-order valence-electron chi connectivity index (χ3n) is 6.68. The zero-order valence-corrected chi connectivity index (χ0v) is 23.1. The Bertz CT molecular complexity index is 1470. The van der Waals surface area contributed by atoms with Gasteiger partial charge in [-0.05, 0) is 23.6 Å². The van der Waals surface area contributed by atoms with Crippen LogP contribution in [0.2, 0.25) is 0 Å². The number of nitrogens with one attached hydrogen (secondary N) is 4. The highest BCUT2D eigenvalue weighted by Gasteiger charge is 2.32. The molecule has 0 aliphatic heterocycles. The van der Waals surface area contributed by atoms with Gasteiger partial charge < -0.3 is 42.6 Å². The van der Waals surface area contributed by atoms with Crippen LogP contribution < -0.4 is 27.4 Å². The number of amides is 4. The number of aromatic nitrogens is 1. The molecule has 0 saturated carbocycles. The van der Waals surface area contributed by atoms with E-state index in [4.69, 9.17) is 11.5 Å². The number of benzene rings is 2. The van der Waals surface area contributed by atoms with Crippen molar-refractivity contribution in [3.05, 3.63) is 71.9 Å². The van der Waals surface area contributed by atoms with E-state index in [1.165, 1.54) is 0 Å². The van der Waals surface area contributed by atoms with Crippen molar-refractivity contribution in [2.45, 2.75) is 56.3 Å². The van der Waals surface area contributed by atoms with Gasteiger partial charge in [-0.2, -0.15) is 0 Å². The van der Waals surface area contributed by atoms with Crippen LogP contribution in [0.1, 0.15) is 30.4 Å². The lowest BCUT2D eigenvalue weighted by Gasteiger charge is -2.24. The Hall–Kier alpha value is -5.24. The van der Waals surface area contributed by atoms with Crippen molar-refractivity contribution in [2.75, 3.05) is 0 Å². The summed E-state index contributed by atoms with van der Waals surface area (Å²) >= 11 is 0. The molecule has 43 heavy (non-hydrogen) atoms. The van der Waals surface area contributed by atoms with Gasteiger partial charge in [0.2, 0.25) is 23.6 Å². The third-order valence-corrected chi connectivity index (χ3v) is 6.68. The van der Waals surface area contributed by atoms with Crippen molar-refractivity contribution in [2.24, 2.45) is 11.5 Å². The van der Waals surface area contributed by atoms with Gasteiger partial charge in [0.25, 0.3) is 0 Å². The maximum Gasteiger partial charge on any atom is 0.326 e. The molecule has 4 amide bonds. The second-order valence-corrected chi connectivity index (χ2v) is 9.98. The molecule has 14 nitrogen and oxygen atoms in total. The Morgan fingerprint density at radius 2 is 1.37 bits per heavy atom. The summed E-state index contributed by atoms with van der Waals surface area (Å²) in [5, 5.41) is 27.1. The lowest BCUT2D eigenvalue weighted by atomic mass is 10.0. The molecule has 3 rings (SSSR count). The van der Waals surface area contributed by atoms with Crippen molar-refractivity contribution < 1.29 is 39.0 Å². The van der Waals surface area contributed by atoms with Crippen molar-refractivity contribution in [3.8, 4) is 0 Å². The van der Waals surface area contributed by atoms with Crippen LogP contribution in [-0.2, 0) is 41.6 Å². The van der Waals surface area contributed by atoms with E-state index in [1.807, 2.05) is 0 Å². The van der Waals surface area contributed by atoms with E-state index in [1.54, 1.807) is 60.8 Å². The van der Waals surface area contributed by atoms with Gasteiger partial charge in [-0.3, -0.25) is 24.0 Å². The molecule has 0 aliphatic rings. The summed E-state index contributed by atoms with van der Waals surface area (Å²) < 4.78 is 0. The standard InChI is InChI=1S/C29H34N6O8/c30-19(10-11-24(31)36)26(39)33-21(12-16-6-2-1-3-7-16)27(40)34-22(14-25(37)38)28(41)35-23(29(42)43)13-17-15-32-20-9-5-4-8-18(17)20/h1-9,15,19,21-23,32H,10-14,30H2,(H2,31,36)(H,33,39)(H,34,40)(H,35,41)(H,37,38)(H,42,43). The number of aromatic amines is 1. The first-order valence-electron chi connectivity index (χ1n) is 13.4. The molecule has 1 aromatic heterocycles. The second-order valence-electron chi connectivity index (χ2n) is 9.98. The third kappa shape index (κ3) is 9.67. The first kappa shape index (κ1) is 32.3. The SMILES string of the molecule is NC(=O)CCC(N)C(=O)NC(Cc1ccccc1)C(=O)NC(CC(=O)O)C(=O)NC(Cc1c[nH]c2ccccc12)C(=O)O. The van der Waals surface area contributed by atoms with E-state index in [2.05, 4.69) is 20.9 Å². The average molecular weight is 595 g/mol. The average Bonchev–Trinajstić information content (AvgIpc) is 3.37. The van der Waals surface area contributed by atoms with Crippen molar-refractivity contribution in [1.82, 2.24) is 20.9 Å². The molecule has 4 atom stereocenters. The number of hydrogen-bond acceptors (Lipinski definition) is 7. The fourth-order valence-electron chi connectivity index (χ4n) is 4.42. The predicted molar refractivity (Wildman–Crippen MR) is 154 cm³/mol. The monoisotopic (exact) mass is 594 g/mol. The molecule has 228 valence electrons. The minimum absolute atomic E-state index is 0.0410. The van der Waals surface area contributed by atoms with Crippen LogP contribution in [0, 0.1) is 0 Å². The van der Waals surface area contributed by atoms with Crippen molar-refractivity contribution in [1.29, 1.82) is 0 Å². The molecule has 0 fully saturated rings. The number of fused-ring (bicyclic) bond motifs is 1. The summed E-state index contributed by atoms with van der Waals surface area (Å²) in [6.07, 6.45) is 0.372. The van der Waals surface area contributed by atoms with Gasteiger partial charge in [0, 0.05) is 36.4 Å². The Labute approximate surface area is 246 Å². The maximum absolute atomic E-state index is 13.4. The van der Waals surface area contributed by atoms with E-state index < -0.39 is 66.2 Å². The number of carbonyl (C=O) groups excluding carboxylic acids is 4. The highest BCUT2D eigenvalue weighted by Crippen LogP contribution is 2.19. The number of rotatable bonds is 16. The molecular weight excluding hydrogens is 560 g/mol.